The SMILES string of the molecule is NCCc1ccc(Cc2cccnc2)cc1. The number of rotatable bonds is 4. The lowest BCUT2D eigenvalue weighted by Crippen LogP contribution is -2.02. The van der Waals surface area contributed by atoms with Gasteiger partial charge in [0.15, 0.2) is 0 Å². The van der Waals surface area contributed by atoms with Crippen LogP contribution < -0.4 is 5.73 Å². The van der Waals surface area contributed by atoms with Gasteiger partial charge in [0.05, 0.1) is 0 Å². The van der Waals surface area contributed by atoms with Crippen LogP contribution in [0.15, 0.2) is 48.8 Å². The molecule has 0 unspecified atom stereocenters. The Labute approximate surface area is 96.1 Å². The van der Waals surface area contributed by atoms with Gasteiger partial charge >= 0.3 is 0 Å². The maximum Gasteiger partial charge on any atom is 0.0303 e. The summed E-state index contributed by atoms with van der Waals surface area (Å²) in [6.45, 7) is 0.710. The molecular weight excluding hydrogens is 196 g/mol. The van der Waals surface area contributed by atoms with Crippen LogP contribution in [0, 0.1) is 0 Å². The maximum absolute atomic E-state index is 5.51. The molecule has 1 aromatic carbocycles. The monoisotopic (exact) mass is 212 g/mol. The van der Waals surface area contributed by atoms with E-state index in [1.54, 1.807) is 6.20 Å². The Hall–Kier alpha value is -1.67. The Morgan fingerprint density at radius 3 is 2.31 bits per heavy atom. The minimum absolute atomic E-state index is 0.710. The van der Waals surface area contributed by atoms with E-state index in [0.717, 1.165) is 12.8 Å². The lowest BCUT2D eigenvalue weighted by molar-refractivity contribution is 0.966. The highest BCUT2D eigenvalue weighted by Gasteiger charge is 1.96. The zero-order valence-electron chi connectivity index (χ0n) is 9.26. The Balaban J connectivity index is 2.05. The Morgan fingerprint density at radius 2 is 1.69 bits per heavy atom. The molecule has 0 atom stereocenters. The quantitative estimate of drug-likeness (QED) is 0.843. The van der Waals surface area contributed by atoms with Crippen LogP contribution in [0.25, 0.3) is 0 Å². The summed E-state index contributed by atoms with van der Waals surface area (Å²) >= 11 is 0. The molecular formula is C14H16N2. The molecule has 2 rings (SSSR count). The molecule has 0 spiro atoms. The van der Waals surface area contributed by atoms with Crippen molar-refractivity contribution in [1.82, 2.24) is 4.98 Å². The van der Waals surface area contributed by atoms with Crippen LogP contribution in [0.2, 0.25) is 0 Å². The molecule has 0 bridgehead atoms. The zero-order valence-corrected chi connectivity index (χ0v) is 9.26. The first-order valence-electron chi connectivity index (χ1n) is 5.55. The van der Waals surface area contributed by atoms with Crippen molar-refractivity contribution in [3.05, 3.63) is 65.5 Å². The van der Waals surface area contributed by atoms with Gasteiger partial charge in [-0.1, -0.05) is 30.3 Å². The average molecular weight is 212 g/mol. The first-order chi connectivity index (χ1) is 7.88. The van der Waals surface area contributed by atoms with Crippen LogP contribution >= 0.6 is 0 Å². The third-order valence-electron chi connectivity index (χ3n) is 2.59. The van der Waals surface area contributed by atoms with Crippen LogP contribution in [-0.4, -0.2) is 11.5 Å². The predicted molar refractivity (Wildman–Crippen MR) is 66.2 cm³/mol. The molecule has 0 aliphatic carbocycles. The van der Waals surface area contributed by atoms with Crippen molar-refractivity contribution < 1.29 is 0 Å². The molecule has 2 N–H and O–H groups in total. The Morgan fingerprint density at radius 1 is 0.938 bits per heavy atom. The highest BCUT2D eigenvalue weighted by atomic mass is 14.6. The second-order valence-corrected chi connectivity index (χ2v) is 3.89. The normalized spacial score (nSPS) is 10.3. The number of benzene rings is 1. The van der Waals surface area contributed by atoms with Crippen LogP contribution in [0.5, 0.6) is 0 Å². The van der Waals surface area contributed by atoms with E-state index in [0.29, 0.717) is 6.54 Å². The van der Waals surface area contributed by atoms with Gasteiger partial charge in [0.2, 0.25) is 0 Å². The highest BCUT2D eigenvalue weighted by molar-refractivity contribution is 5.27. The fourth-order valence-corrected chi connectivity index (χ4v) is 1.73. The van der Waals surface area contributed by atoms with Crippen molar-refractivity contribution in [2.75, 3.05) is 6.54 Å². The second kappa shape index (κ2) is 5.42. The van der Waals surface area contributed by atoms with Crippen molar-refractivity contribution in [1.29, 1.82) is 0 Å². The van der Waals surface area contributed by atoms with Crippen molar-refractivity contribution in [3.63, 3.8) is 0 Å². The molecule has 0 saturated heterocycles. The number of hydrogen-bond donors (Lipinski definition) is 1. The van der Waals surface area contributed by atoms with Gasteiger partial charge in [0, 0.05) is 12.4 Å². The molecule has 82 valence electrons. The van der Waals surface area contributed by atoms with E-state index >= 15 is 0 Å². The maximum atomic E-state index is 5.51. The van der Waals surface area contributed by atoms with Gasteiger partial charge in [0.1, 0.15) is 0 Å². The number of hydrogen-bond acceptors (Lipinski definition) is 2. The lowest BCUT2D eigenvalue weighted by Gasteiger charge is -2.03. The van der Waals surface area contributed by atoms with Gasteiger partial charge < -0.3 is 5.73 Å². The fourth-order valence-electron chi connectivity index (χ4n) is 1.73. The molecule has 0 aliphatic heterocycles. The van der Waals surface area contributed by atoms with Gasteiger partial charge in [-0.2, -0.15) is 0 Å². The summed E-state index contributed by atoms with van der Waals surface area (Å²) in [6, 6.07) is 12.7. The summed E-state index contributed by atoms with van der Waals surface area (Å²) in [5, 5.41) is 0. The molecule has 2 heteroatoms. The third kappa shape index (κ3) is 2.91. The molecule has 0 aliphatic rings. The molecule has 16 heavy (non-hydrogen) atoms. The van der Waals surface area contributed by atoms with Gasteiger partial charge in [-0.15, -0.1) is 0 Å². The molecule has 0 saturated carbocycles. The number of pyridine rings is 1. The van der Waals surface area contributed by atoms with Crippen molar-refractivity contribution >= 4 is 0 Å². The summed E-state index contributed by atoms with van der Waals surface area (Å²) in [4.78, 5) is 4.11. The molecule has 1 heterocycles. The van der Waals surface area contributed by atoms with Crippen LogP contribution in [0.1, 0.15) is 16.7 Å². The van der Waals surface area contributed by atoms with Crippen LogP contribution in [0.3, 0.4) is 0 Å². The summed E-state index contributed by atoms with van der Waals surface area (Å²) in [6.07, 6.45) is 5.60. The standard InChI is InChI=1S/C14H16N2/c15-8-7-12-3-5-13(6-4-12)10-14-2-1-9-16-11-14/h1-6,9,11H,7-8,10,15H2. The first kappa shape index (κ1) is 10.8. The molecule has 0 amide bonds. The second-order valence-electron chi connectivity index (χ2n) is 3.89. The highest BCUT2D eigenvalue weighted by Crippen LogP contribution is 2.10. The van der Waals surface area contributed by atoms with Crippen molar-refractivity contribution in [2.24, 2.45) is 5.73 Å². The summed E-state index contributed by atoms with van der Waals surface area (Å²) in [5.74, 6) is 0. The lowest BCUT2D eigenvalue weighted by atomic mass is 10.0. The van der Waals surface area contributed by atoms with E-state index in [1.165, 1.54) is 16.7 Å². The molecule has 2 nitrogen and oxygen atoms in total. The van der Waals surface area contributed by atoms with E-state index in [2.05, 4.69) is 35.3 Å². The number of aromatic nitrogens is 1. The summed E-state index contributed by atoms with van der Waals surface area (Å²) in [5.41, 5.74) is 9.38. The van der Waals surface area contributed by atoms with Gasteiger partial charge in [-0.3, -0.25) is 4.98 Å². The average Bonchev–Trinajstić information content (AvgIpc) is 2.33. The molecule has 2 aromatic rings. The fraction of sp³-hybridized carbons (Fsp3) is 0.214. The van der Waals surface area contributed by atoms with Crippen LogP contribution in [-0.2, 0) is 12.8 Å². The molecule has 0 fully saturated rings. The summed E-state index contributed by atoms with van der Waals surface area (Å²) < 4.78 is 0. The predicted octanol–water partition coefficient (Wildman–Crippen LogP) is 2.17. The van der Waals surface area contributed by atoms with E-state index in [1.807, 2.05) is 12.3 Å². The van der Waals surface area contributed by atoms with E-state index in [9.17, 15) is 0 Å². The van der Waals surface area contributed by atoms with Crippen LogP contribution in [0.4, 0.5) is 0 Å². The zero-order chi connectivity index (χ0) is 11.2. The van der Waals surface area contributed by atoms with Gasteiger partial charge in [-0.05, 0) is 42.1 Å². The number of nitrogens with zero attached hydrogens (tertiary/aromatic N) is 1. The smallest absolute Gasteiger partial charge is 0.0303 e. The van der Waals surface area contributed by atoms with E-state index in [4.69, 9.17) is 5.73 Å². The Bertz CT molecular complexity index is 420. The van der Waals surface area contributed by atoms with Gasteiger partial charge in [-0.25, -0.2) is 0 Å². The first-order valence-corrected chi connectivity index (χ1v) is 5.55. The summed E-state index contributed by atoms with van der Waals surface area (Å²) in [7, 11) is 0. The topological polar surface area (TPSA) is 38.9 Å². The molecule has 0 radical (unpaired) electrons. The van der Waals surface area contributed by atoms with E-state index < -0.39 is 0 Å². The van der Waals surface area contributed by atoms with Crippen molar-refractivity contribution in [3.8, 4) is 0 Å². The minimum atomic E-state index is 0.710. The van der Waals surface area contributed by atoms with Crippen molar-refractivity contribution in [2.45, 2.75) is 12.8 Å². The van der Waals surface area contributed by atoms with E-state index in [-0.39, 0.29) is 0 Å². The molecule has 1 aromatic heterocycles. The van der Waals surface area contributed by atoms with Gasteiger partial charge in [0.25, 0.3) is 0 Å². The number of nitrogens with two attached hydrogens (primary N) is 1. The third-order valence-corrected chi connectivity index (χ3v) is 2.59. The minimum Gasteiger partial charge on any atom is -0.330 e. The Kier molecular flexibility index (Phi) is 3.67. The largest absolute Gasteiger partial charge is 0.330 e.